The van der Waals surface area contributed by atoms with E-state index < -0.39 is 24.3 Å². The van der Waals surface area contributed by atoms with E-state index in [9.17, 15) is 19.5 Å². The monoisotopic (exact) mass is 747 g/mol. The van der Waals surface area contributed by atoms with Crippen LogP contribution in [0.3, 0.4) is 0 Å². The number of amides is 3. The van der Waals surface area contributed by atoms with Gasteiger partial charge in [-0.25, -0.2) is 4.79 Å². The summed E-state index contributed by atoms with van der Waals surface area (Å²) in [4.78, 5) is 42.3. The Hall–Kier alpha value is -4.91. The largest absolute Gasteiger partial charge is 0.445 e. The zero-order chi connectivity index (χ0) is 38.3. The zero-order valence-corrected chi connectivity index (χ0v) is 31.3. The lowest BCUT2D eigenvalue weighted by molar-refractivity contribution is -0.276. The Kier molecular flexibility index (Phi) is 12.3. The van der Waals surface area contributed by atoms with Crippen molar-refractivity contribution in [3.05, 3.63) is 131 Å². The van der Waals surface area contributed by atoms with Gasteiger partial charge in [0.1, 0.15) is 12.6 Å². The molecule has 3 fully saturated rings. The first-order valence-electron chi connectivity index (χ1n) is 19.0. The molecule has 0 spiro atoms. The lowest BCUT2D eigenvalue weighted by Gasteiger charge is -2.43. The normalized spacial score (nSPS) is 24.3. The van der Waals surface area contributed by atoms with E-state index in [0.29, 0.717) is 12.6 Å². The van der Waals surface area contributed by atoms with E-state index in [1.165, 1.54) is 4.90 Å². The van der Waals surface area contributed by atoms with Crippen molar-refractivity contribution in [1.82, 2.24) is 15.1 Å². The van der Waals surface area contributed by atoms with Gasteiger partial charge in [-0.05, 0) is 64.9 Å². The van der Waals surface area contributed by atoms with Crippen molar-refractivity contribution in [1.29, 1.82) is 0 Å². The molecule has 55 heavy (non-hydrogen) atoms. The number of alkyl carbamates (subject to hydrolysis) is 1. The maximum absolute atomic E-state index is 13.3. The molecule has 0 bridgehead atoms. The van der Waals surface area contributed by atoms with Crippen LogP contribution in [0.25, 0.3) is 11.1 Å². The highest BCUT2D eigenvalue weighted by Gasteiger charge is 2.41. The summed E-state index contributed by atoms with van der Waals surface area (Å²) in [5.74, 6) is -0.762. The Morgan fingerprint density at radius 3 is 2.38 bits per heavy atom. The number of carbonyl (C=O) groups is 3. The number of aliphatic hydroxyl groups excluding tert-OH is 1. The predicted molar refractivity (Wildman–Crippen MR) is 205 cm³/mol. The van der Waals surface area contributed by atoms with Crippen LogP contribution in [0.15, 0.2) is 103 Å². The van der Waals surface area contributed by atoms with Crippen molar-refractivity contribution in [3.8, 4) is 11.1 Å². The van der Waals surface area contributed by atoms with Crippen molar-refractivity contribution < 1.29 is 38.4 Å². The van der Waals surface area contributed by atoms with Crippen molar-refractivity contribution in [2.24, 2.45) is 5.92 Å². The Morgan fingerprint density at radius 2 is 1.62 bits per heavy atom. The quantitative estimate of drug-likeness (QED) is 0.152. The third kappa shape index (κ3) is 9.15. The van der Waals surface area contributed by atoms with E-state index >= 15 is 0 Å². The van der Waals surface area contributed by atoms with E-state index in [1.54, 1.807) is 7.11 Å². The van der Waals surface area contributed by atoms with Crippen LogP contribution in [0, 0.1) is 5.92 Å². The SMILES string of the molecule is COCC1CCCN1CC1OC(c2cccc(-c3cccc(CN4C(=O)CC(NC(=O)OCc5ccccc5)C4=O)c3)c2)OC(c2ccc(CO)cc2)C1C. The Labute approximate surface area is 322 Å². The molecule has 6 atom stereocenters. The third-order valence-corrected chi connectivity index (χ3v) is 10.9. The van der Waals surface area contributed by atoms with Gasteiger partial charge in [0.2, 0.25) is 5.91 Å². The molecule has 3 amide bonds. The summed E-state index contributed by atoms with van der Waals surface area (Å²) in [6.45, 7) is 4.76. The van der Waals surface area contributed by atoms with Gasteiger partial charge in [0.15, 0.2) is 6.29 Å². The number of imide groups is 1. The lowest BCUT2D eigenvalue weighted by atomic mass is 9.89. The standard InChI is InChI=1S/C44H49N3O8/c1-29-39(25-46-20-8-15-37(46)28-52-2)54-43(55-41(29)33-18-16-30(26-48)17-19-33)36-14-7-13-35(22-36)34-12-6-11-32(21-34)24-47-40(49)23-38(42(47)50)45-44(51)53-27-31-9-4-3-5-10-31/h3-7,9-14,16-19,21-22,29,37-39,41,43,48H,8,15,20,23-28H2,1-2H3,(H,45,51). The molecule has 3 saturated heterocycles. The van der Waals surface area contributed by atoms with Gasteiger partial charge >= 0.3 is 6.09 Å². The van der Waals surface area contributed by atoms with Gasteiger partial charge in [0.25, 0.3) is 5.91 Å². The highest BCUT2D eigenvalue weighted by Crippen LogP contribution is 2.43. The fourth-order valence-electron chi connectivity index (χ4n) is 7.84. The Morgan fingerprint density at radius 1 is 0.873 bits per heavy atom. The summed E-state index contributed by atoms with van der Waals surface area (Å²) < 4.78 is 24.4. The molecule has 4 aromatic rings. The second-order valence-electron chi connectivity index (χ2n) is 14.7. The summed E-state index contributed by atoms with van der Waals surface area (Å²) in [5.41, 5.74) is 6.20. The topological polar surface area (TPSA) is 127 Å². The molecule has 0 saturated carbocycles. The molecule has 3 aliphatic heterocycles. The van der Waals surface area contributed by atoms with Gasteiger partial charge in [-0.2, -0.15) is 0 Å². The first kappa shape index (κ1) is 38.4. The van der Waals surface area contributed by atoms with E-state index in [0.717, 1.165) is 64.9 Å². The number of aliphatic hydroxyl groups is 1. The fourth-order valence-corrected chi connectivity index (χ4v) is 7.84. The number of benzene rings is 4. The number of ether oxygens (including phenoxy) is 4. The molecule has 11 heteroatoms. The van der Waals surface area contributed by atoms with Crippen LogP contribution in [-0.2, 0) is 48.3 Å². The van der Waals surface area contributed by atoms with Crippen molar-refractivity contribution >= 4 is 17.9 Å². The maximum Gasteiger partial charge on any atom is 0.408 e. The van der Waals surface area contributed by atoms with E-state index in [4.69, 9.17) is 18.9 Å². The number of methoxy groups -OCH3 is 1. The summed E-state index contributed by atoms with van der Waals surface area (Å²) in [6.07, 6.45) is 0.394. The maximum atomic E-state index is 13.3. The van der Waals surface area contributed by atoms with Gasteiger partial charge in [-0.3, -0.25) is 19.4 Å². The molecule has 11 nitrogen and oxygen atoms in total. The molecular weight excluding hydrogens is 698 g/mol. The second kappa shape index (κ2) is 17.7. The molecule has 7 rings (SSSR count). The fraction of sp³-hybridized carbons (Fsp3) is 0.386. The first-order chi connectivity index (χ1) is 26.8. The summed E-state index contributed by atoms with van der Waals surface area (Å²) >= 11 is 0. The predicted octanol–water partition coefficient (Wildman–Crippen LogP) is 6.30. The smallest absolute Gasteiger partial charge is 0.408 e. The molecule has 2 N–H and O–H groups in total. The minimum atomic E-state index is -0.981. The van der Waals surface area contributed by atoms with Crippen LogP contribution < -0.4 is 5.32 Å². The molecule has 288 valence electrons. The summed E-state index contributed by atoms with van der Waals surface area (Å²) in [7, 11) is 1.75. The van der Waals surface area contributed by atoms with Gasteiger partial charge in [-0.1, -0.05) is 97.9 Å². The third-order valence-electron chi connectivity index (χ3n) is 10.9. The highest BCUT2D eigenvalue weighted by molar-refractivity contribution is 6.06. The molecule has 0 aliphatic carbocycles. The zero-order valence-electron chi connectivity index (χ0n) is 31.3. The van der Waals surface area contributed by atoms with Gasteiger partial charge in [0.05, 0.1) is 38.4 Å². The van der Waals surface area contributed by atoms with Crippen LogP contribution in [0.4, 0.5) is 4.79 Å². The van der Waals surface area contributed by atoms with Gasteiger partial charge in [0, 0.05) is 31.2 Å². The van der Waals surface area contributed by atoms with Crippen LogP contribution in [0.1, 0.15) is 66.4 Å². The number of likely N-dealkylation sites (tertiary alicyclic amines) is 2. The minimum Gasteiger partial charge on any atom is -0.445 e. The summed E-state index contributed by atoms with van der Waals surface area (Å²) in [5, 5.41) is 12.2. The second-order valence-corrected chi connectivity index (χ2v) is 14.7. The first-order valence-corrected chi connectivity index (χ1v) is 19.0. The van der Waals surface area contributed by atoms with E-state index in [2.05, 4.69) is 23.2 Å². The van der Waals surface area contributed by atoms with Crippen LogP contribution >= 0.6 is 0 Å². The number of rotatable bonds is 13. The van der Waals surface area contributed by atoms with Crippen LogP contribution in [0.5, 0.6) is 0 Å². The average molecular weight is 748 g/mol. The lowest BCUT2D eigenvalue weighted by Crippen LogP contribution is -2.46. The molecule has 0 aromatic heterocycles. The number of nitrogens with zero attached hydrogens (tertiary/aromatic N) is 2. The Balaban J connectivity index is 1.05. The molecule has 6 unspecified atom stereocenters. The molecule has 4 aromatic carbocycles. The van der Waals surface area contributed by atoms with E-state index in [1.807, 2.05) is 97.1 Å². The number of nitrogens with one attached hydrogen (secondary N) is 1. The Bertz CT molecular complexity index is 1940. The van der Waals surface area contributed by atoms with Crippen molar-refractivity contribution in [3.63, 3.8) is 0 Å². The summed E-state index contributed by atoms with van der Waals surface area (Å²) in [6, 6.07) is 32.4. The molecular formula is C44H49N3O8. The van der Waals surface area contributed by atoms with Crippen LogP contribution in [0.2, 0.25) is 0 Å². The van der Waals surface area contributed by atoms with E-state index in [-0.39, 0.29) is 50.2 Å². The molecule has 3 heterocycles. The highest BCUT2D eigenvalue weighted by atomic mass is 16.7. The van der Waals surface area contributed by atoms with Crippen LogP contribution in [-0.4, -0.2) is 77.8 Å². The molecule has 0 radical (unpaired) electrons. The van der Waals surface area contributed by atoms with Crippen molar-refractivity contribution in [2.45, 2.75) is 76.5 Å². The average Bonchev–Trinajstić information content (AvgIpc) is 3.76. The number of hydrogen-bond donors (Lipinski definition) is 2. The number of carbonyl (C=O) groups excluding carboxylic acids is 3. The molecule has 3 aliphatic rings. The minimum absolute atomic E-state index is 0.0199. The number of hydrogen-bond acceptors (Lipinski definition) is 9. The van der Waals surface area contributed by atoms with Gasteiger partial charge < -0.3 is 29.4 Å². The van der Waals surface area contributed by atoms with Gasteiger partial charge in [-0.15, -0.1) is 0 Å². The van der Waals surface area contributed by atoms with Crippen molar-refractivity contribution in [2.75, 3.05) is 26.8 Å².